The zero-order valence-corrected chi connectivity index (χ0v) is 10.3. The van der Waals surface area contributed by atoms with E-state index in [-0.39, 0.29) is 11.4 Å². The van der Waals surface area contributed by atoms with Gasteiger partial charge in [-0.1, -0.05) is 6.07 Å². The summed E-state index contributed by atoms with van der Waals surface area (Å²) in [4.78, 5) is 12.8. The molecule has 3 N–H and O–H groups in total. The second-order valence-electron chi connectivity index (χ2n) is 4.40. The van der Waals surface area contributed by atoms with Crippen LogP contribution in [0, 0.1) is 10.1 Å². The van der Waals surface area contributed by atoms with Crippen LogP contribution in [0.1, 0.15) is 0 Å². The van der Waals surface area contributed by atoms with E-state index >= 15 is 0 Å². The van der Waals surface area contributed by atoms with E-state index in [1.807, 2.05) is 5.01 Å². The molecule has 98 valence electrons. The van der Waals surface area contributed by atoms with Gasteiger partial charge in [-0.25, -0.2) is 5.01 Å². The van der Waals surface area contributed by atoms with Crippen LogP contribution in [-0.2, 0) is 0 Å². The molecule has 7 nitrogen and oxygen atoms in total. The molecule has 7 heteroatoms. The third kappa shape index (κ3) is 2.69. The quantitative estimate of drug-likeness (QED) is 0.468. The van der Waals surface area contributed by atoms with Gasteiger partial charge in [0.1, 0.15) is 11.4 Å². The van der Waals surface area contributed by atoms with E-state index in [9.17, 15) is 10.1 Å². The van der Waals surface area contributed by atoms with Crippen molar-refractivity contribution in [1.82, 2.24) is 9.91 Å². The fourth-order valence-corrected chi connectivity index (χ4v) is 1.94. The average molecular weight is 251 g/mol. The second-order valence-corrected chi connectivity index (χ2v) is 4.40. The van der Waals surface area contributed by atoms with Gasteiger partial charge in [0.25, 0.3) is 0 Å². The molecular weight excluding hydrogens is 234 g/mol. The lowest BCUT2D eigenvalue weighted by atomic mass is 10.2. The van der Waals surface area contributed by atoms with E-state index in [0.29, 0.717) is 5.69 Å². The van der Waals surface area contributed by atoms with Crippen molar-refractivity contribution in [3.63, 3.8) is 0 Å². The number of benzene rings is 1. The Kier molecular flexibility index (Phi) is 3.63. The molecule has 0 aromatic heterocycles. The first-order valence-electron chi connectivity index (χ1n) is 5.81. The van der Waals surface area contributed by atoms with Crippen molar-refractivity contribution in [2.45, 2.75) is 0 Å². The van der Waals surface area contributed by atoms with E-state index in [2.05, 4.69) is 17.4 Å². The molecule has 1 aromatic rings. The highest BCUT2D eigenvalue weighted by molar-refractivity contribution is 5.73. The summed E-state index contributed by atoms with van der Waals surface area (Å²) < 4.78 is 0. The summed E-state index contributed by atoms with van der Waals surface area (Å²) in [5.41, 5.74) is 9.29. The molecule has 1 aromatic carbocycles. The first-order chi connectivity index (χ1) is 8.58. The van der Waals surface area contributed by atoms with Gasteiger partial charge in [0.2, 0.25) is 0 Å². The number of likely N-dealkylation sites (N-methyl/N-ethyl adjacent to an activating group) is 1. The van der Waals surface area contributed by atoms with Crippen LogP contribution in [0.15, 0.2) is 18.2 Å². The van der Waals surface area contributed by atoms with Gasteiger partial charge in [-0.3, -0.25) is 10.1 Å². The molecule has 0 bridgehead atoms. The fourth-order valence-electron chi connectivity index (χ4n) is 1.94. The van der Waals surface area contributed by atoms with E-state index in [4.69, 9.17) is 5.73 Å². The Bertz CT molecular complexity index is 443. The maximum absolute atomic E-state index is 11.0. The molecule has 0 saturated carbocycles. The molecule has 1 aliphatic rings. The summed E-state index contributed by atoms with van der Waals surface area (Å²) in [5.74, 6) is 0. The fraction of sp³-hybridized carbons (Fsp3) is 0.455. The third-order valence-electron chi connectivity index (χ3n) is 3.03. The Morgan fingerprint density at radius 2 is 2.00 bits per heavy atom. The van der Waals surface area contributed by atoms with Gasteiger partial charge in [-0.15, -0.1) is 0 Å². The van der Waals surface area contributed by atoms with E-state index in [0.717, 1.165) is 26.2 Å². The first-order valence-corrected chi connectivity index (χ1v) is 5.81. The number of nitrogen functional groups attached to an aromatic ring is 1. The predicted octanol–water partition coefficient (Wildman–Crippen LogP) is 0.751. The molecule has 1 aliphatic heterocycles. The highest BCUT2D eigenvalue weighted by Gasteiger charge is 2.21. The number of para-hydroxylation sites is 1. The zero-order valence-electron chi connectivity index (χ0n) is 10.3. The van der Waals surface area contributed by atoms with Gasteiger partial charge in [0, 0.05) is 26.2 Å². The number of anilines is 2. The molecule has 0 atom stereocenters. The molecule has 18 heavy (non-hydrogen) atoms. The number of nitrogens with one attached hydrogen (secondary N) is 1. The largest absolute Gasteiger partial charge is 0.393 e. The summed E-state index contributed by atoms with van der Waals surface area (Å²) in [6.45, 7) is 3.51. The van der Waals surface area contributed by atoms with E-state index in [1.54, 1.807) is 12.1 Å². The number of nitro benzene ring substituents is 1. The van der Waals surface area contributed by atoms with Crippen molar-refractivity contribution in [3.05, 3.63) is 28.3 Å². The minimum Gasteiger partial charge on any atom is -0.393 e. The zero-order chi connectivity index (χ0) is 13.1. The molecule has 1 fully saturated rings. The van der Waals surface area contributed by atoms with Crippen LogP contribution in [0.5, 0.6) is 0 Å². The lowest BCUT2D eigenvalue weighted by Gasteiger charge is -2.32. The van der Waals surface area contributed by atoms with Gasteiger partial charge in [-0.2, -0.15) is 0 Å². The molecule has 1 heterocycles. The molecule has 0 radical (unpaired) electrons. The standard InChI is InChI=1S/C11H17N5O2/c1-14-5-7-15(8-6-14)13-10-4-2-3-9(12)11(10)16(17)18/h2-4,13H,5-8,12H2,1H3. The summed E-state index contributed by atoms with van der Waals surface area (Å²) in [7, 11) is 2.06. The highest BCUT2D eigenvalue weighted by Crippen LogP contribution is 2.30. The lowest BCUT2D eigenvalue weighted by molar-refractivity contribution is -0.383. The smallest absolute Gasteiger partial charge is 0.316 e. The molecular formula is C11H17N5O2. The Morgan fingerprint density at radius 1 is 1.33 bits per heavy atom. The average Bonchev–Trinajstić information content (AvgIpc) is 2.32. The van der Waals surface area contributed by atoms with Crippen molar-refractivity contribution in [2.75, 3.05) is 44.4 Å². The normalized spacial score (nSPS) is 17.6. The highest BCUT2D eigenvalue weighted by atomic mass is 16.6. The van der Waals surface area contributed by atoms with Crippen molar-refractivity contribution in [2.24, 2.45) is 0 Å². The summed E-state index contributed by atoms with van der Waals surface area (Å²) in [5, 5.41) is 13.0. The molecule has 0 amide bonds. The van der Waals surface area contributed by atoms with Crippen LogP contribution >= 0.6 is 0 Å². The number of hydrogen-bond acceptors (Lipinski definition) is 6. The maximum atomic E-state index is 11.0. The Morgan fingerprint density at radius 3 is 2.61 bits per heavy atom. The van der Waals surface area contributed by atoms with Crippen LogP contribution in [0.3, 0.4) is 0 Å². The number of nitrogens with zero attached hydrogens (tertiary/aromatic N) is 3. The minimum absolute atomic E-state index is 0.0589. The first kappa shape index (κ1) is 12.6. The summed E-state index contributed by atoms with van der Waals surface area (Å²) in [6.07, 6.45) is 0. The number of piperazine rings is 1. The van der Waals surface area contributed by atoms with Crippen LogP contribution in [0.4, 0.5) is 17.1 Å². The van der Waals surface area contributed by atoms with Crippen molar-refractivity contribution in [3.8, 4) is 0 Å². The Labute approximate surface area is 105 Å². The van der Waals surface area contributed by atoms with Gasteiger partial charge >= 0.3 is 5.69 Å². The summed E-state index contributed by atoms with van der Waals surface area (Å²) in [6, 6.07) is 4.92. The van der Waals surface area contributed by atoms with Crippen LogP contribution in [-0.4, -0.2) is 48.1 Å². The number of hydrogen-bond donors (Lipinski definition) is 2. The van der Waals surface area contributed by atoms with E-state index in [1.165, 1.54) is 6.07 Å². The van der Waals surface area contributed by atoms with E-state index < -0.39 is 4.92 Å². The Balaban J connectivity index is 2.14. The van der Waals surface area contributed by atoms with Gasteiger partial charge < -0.3 is 16.1 Å². The number of nitrogens with two attached hydrogens (primary N) is 1. The SMILES string of the molecule is CN1CCN(Nc2cccc(N)c2[N+](=O)[O-])CC1. The molecule has 0 spiro atoms. The number of hydrazine groups is 1. The van der Waals surface area contributed by atoms with Gasteiger partial charge in [0.15, 0.2) is 0 Å². The Hall–Kier alpha value is -1.86. The predicted molar refractivity (Wildman–Crippen MR) is 70.2 cm³/mol. The molecule has 1 saturated heterocycles. The minimum atomic E-state index is -0.451. The summed E-state index contributed by atoms with van der Waals surface area (Å²) >= 11 is 0. The van der Waals surface area contributed by atoms with Crippen molar-refractivity contribution < 1.29 is 4.92 Å². The molecule has 2 rings (SSSR count). The maximum Gasteiger partial charge on any atom is 0.316 e. The molecule has 0 unspecified atom stereocenters. The topological polar surface area (TPSA) is 87.7 Å². The monoisotopic (exact) mass is 251 g/mol. The van der Waals surface area contributed by atoms with Crippen LogP contribution in [0.25, 0.3) is 0 Å². The van der Waals surface area contributed by atoms with Crippen LogP contribution in [0.2, 0.25) is 0 Å². The molecule has 0 aliphatic carbocycles. The van der Waals surface area contributed by atoms with Crippen LogP contribution < -0.4 is 11.2 Å². The number of rotatable bonds is 3. The van der Waals surface area contributed by atoms with Gasteiger partial charge in [-0.05, 0) is 19.2 Å². The van der Waals surface area contributed by atoms with Crippen molar-refractivity contribution in [1.29, 1.82) is 0 Å². The van der Waals surface area contributed by atoms with Crippen molar-refractivity contribution >= 4 is 17.1 Å². The van der Waals surface area contributed by atoms with Gasteiger partial charge in [0.05, 0.1) is 4.92 Å². The lowest BCUT2D eigenvalue weighted by Crippen LogP contribution is -2.47. The second kappa shape index (κ2) is 5.19. The third-order valence-corrected chi connectivity index (χ3v) is 3.03. The number of nitro groups is 1.